The van der Waals surface area contributed by atoms with E-state index in [1.54, 1.807) is 0 Å². The number of carbonyl (C=O) groups is 1. The van der Waals surface area contributed by atoms with Crippen LogP contribution in [0.2, 0.25) is 0 Å². The first-order chi connectivity index (χ1) is 15.3. The minimum atomic E-state index is -0.237. The Morgan fingerprint density at radius 3 is 2.56 bits per heavy atom. The van der Waals surface area contributed by atoms with Crippen molar-refractivity contribution in [2.24, 2.45) is 46.8 Å². The van der Waals surface area contributed by atoms with E-state index in [2.05, 4.69) is 27.7 Å². The summed E-state index contributed by atoms with van der Waals surface area (Å²) >= 11 is 0. The molecule has 4 heteroatoms. The third-order valence-corrected chi connectivity index (χ3v) is 10.3. The van der Waals surface area contributed by atoms with Gasteiger partial charge < -0.3 is 14.9 Å². The Balaban J connectivity index is 1.79. The van der Waals surface area contributed by atoms with Gasteiger partial charge in [0.1, 0.15) is 0 Å². The molecule has 3 aliphatic carbocycles. The summed E-state index contributed by atoms with van der Waals surface area (Å²) in [6.07, 6.45) is 12.2. The van der Waals surface area contributed by atoms with Gasteiger partial charge in [-0.2, -0.15) is 0 Å². The zero-order chi connectivity index (χ0) is 23.5. The van der Waals surface area contributed by atoms with Crippen molar-refractivity contribution in [3.8, 4) is 0 Å². The van der Waals surface area contributed by atoms with Gasteiger partial charge >= 0.3 is 5.97 Å². The van der Waals surface area contributed by atoms with Gasteiger partial charge in [0.25, 0.3) is 0 Å². The average Bonchev–Trinajstić information content (AvgIpc) is 3.26. The van der Waals surface area contributed by atoms with Crippen molar-refractivity contribution in [1.29, 1.82) is 0 Å². The van der Waals surface area contributed by atoms with Gasteiger partial charge in [-0.1, -0.05) is 47.0 Å². The van der Waals surface area contributed by atoms with Crippen molar-refractivity contribution < 1.29 is 19.7 Å². The van der Waals surface area contributed by atoms with Crippen LogP contribution in [-0.2, 0) is 9.53 Å². The fraction of sp³-hybridized carbons (Fsp3) is 0.964. The molecule has 3 fully saturated rings. The first kappa shape index (κ1) is 26.0. The van der Waals surface area contributed by atoms with Crippen molar-refractivity contribution in [2.75, 3.05) is 7.11 Å². The van der Waals surface area contributed by atoms with Gasteiger partial charge in [0.05, 0.1) is 19.3 Å². The normalized spacial score (nSPS) is 43.0. The van der Waals surface area contributed by atoms with Crippen molar-refractivity contribution >= 4 is 5.97 Å². The van der Waals surface area contributed by atoms with Gasteiger partial charge in [-0.15, -0.1) is 0 Å². The molecule has 0 spiro atoms. The van der Waals surface area contributed by atoms with E-state index in [1.807, 2.05) is 0 Å². The minimum absolute atomic E-state index is 0.0991. The lowest BCUT2D eigenvalue weighted by Gasteiger charge is -2.61. The Kier molecular flexibility index (Phi) is 9.11. The van der Waals surface area contributed by atoms with E-state index in [1.165, 1.54) is 45.6 Å². The van der Waals surface area contributed by atoms with Gasteiger partial charge in [0, 0.05) is 6.42 Å². The van der Waals surface area contributed by atoms with E-state index in [9.17, 15) is 15.0 Å². The molecule has 0 saturated heterocycles. The highest BCUT2D eigenvalue weighted by Crippen LogP contribution is 2.62. The summed E-state index contributed by atoms with van der Waals surface area (Å²) in [6.45, 7) is 9.33. The highest BCUT2D eigenvalue weighted by molar-refractivity contribution is 5.69. The second-order valence-corrected chi connectivity index (χ2v) is 11.9. The van der Waals surface area contributed by atoms with E-state index in [0.717, 1.165) is 32.1 Å². The number of rotatable bonds is 9. The van der Waals surface area contributed by atoms with Gasteiger partial charge in [0.15, 0.2) is 0 Å². The predicted molar refractivity (Wildman–Crippen MR) is 129 cm³/mol. The van der Waals surface area contributed by atoms with Crippen LogP contribution < -0.4 is 0 Å². The van der Waals surface area contributed by atoms with Crippen LogP contribution in [0.5, 0.6) is 0 Å². The van der Waals surface area contributed by atoms with E-state index in [-0.39, 0.29) is 23.6 Å². The third-order valence-electron chi connectivity index (χ3n) is 10.3. The maximum atomic E-state index is 11.8. The number of aliphatic hydroxyl groups is 2. The molecule has 32 heavy (non-hydrogen) atoms. The van der Waals surface area contributed by atoms with Crippen LogP contribution in [-0.4, -0.2) is 35.5 Å². The molecule has 0 radical (unpaired) electrons. The summed E-state index contributed by atoms with van der Waals surface area (Å²) in [7, 11) is 1.47. The molecule has 0 aromatic carbocycles. The molecule has 3 unspecified atom stereocenters. The number of methoxy groups -OCH3 is 1. The summed E-state index contributed by atoms with van der Waals surface area (Å²) in [4.78, 5) is 11.6. The lowest BCUT2D eigenvalue weighted by molar-refractivity contribution is -0.174. The van der Waals surface area contributed by atoms with Crippen molar-refractivity contribution in [3.05, 3.63) is 0 Å². The molecule has 0 amide bonds. The van der Waals surface area contributed by atoms with Crippen LogP contribution in [0.3, 0.4) is 0 Å². The fourth-order valence-electron chi connectivity index (χ4n) is 8.35. The smallest absolute Gasteiger partial charge is 0.305 e. The SMILES string of the molecule is CCCCC1C(C2CC[C@H]([C@H](C)CCC(=O)OC)C2)[C@H](O)[C@H](CC)[C@@H]2C[C@H](O)CC[C@]12C. The second-order valence-electron chi connectivity index (χ2n) is 11.9. The summed E-state index contributed by atoms with van der Waals surface area (Å²) in [5.41, 5.74) is 0.244. The molecule has 10 atom stereocenters. The summed E-state index contributed by atoms with van der Waals surface area (Å²) < 4.78 is 4.85. The molecule has 0 aromatic rings. The molecular formula is C28H50O4. The van der Waals surface area contributed by atoms with E-state index in [0.29, 0.717) is 47.8 Å². The number of fused-ring (bicyclic) bond motifs is 1. The summed E-state index contributed by atoms with van der Waals surface area (Å²) in [6, 6.07) is 0. The van der Waals surface area contributed by atoms with Crippen LogP contribution >= 0.6 is 0 Å². The number of ether oxygens (including phenoxy) is 1. The Hall–Kier alpha value is -0.610. The fourth-order valence-corrected chi connectivity index (χ4v) is 8.35. The van der Waals surface area contributed by atoms with Gasteiger partial charge in [-0.05, 0) is 98.2 Å². The molecule has 2 N–H and O–H groups in total. The van der Waals surface area contributed by atoms with E-state index in [4.69, 9.17) is 4.74 Å². The average molecular weight is 451 g/mol. The quantitative estimate of drug-likeness (QED) is 0.424. The number of aliphatic hydroxyl groups excluding tert-OH is 2. The first-order valence-corrected chi connectivity index (χ1v) is 13.7. The molecule has 0 aromatic heterocycles. The molecular weight excluding hydrogens is 400 g/mol. The van der Waals surface area contributed by atoms with Crippen molar-refractivity contribution in [2.45, 2.75) is 117 Å². The first-order valence-electron chi connectivity index (χ1n) is 13.7. The van der Waals surface area contributed by atoms with Crippen LogP contribution in [0.25, 0.3) is 0 Å². The molecule has 0 aliphatic heterocycles. The lowest BCUT2D eigenvalue weighted by Crippen LogP contribution is -2.58. The molecule has 0 heterocycles. The minimum Gasteiger partial charge on any atom is -0.469 e. The van der Waals surface area contributed by atoms with Crippen LogP contribution in [0.15, 0.2) is 0 Å². The van der Waals surface area contributed by atoms with Gasteiger partial charge in [0.2, 0.25) is 0 Å². The zero-order valence-corrected chi connectivity index (χ0v) is 21.4. The number of esters is 1. The van der Waals surface area contributed by atoms with Gasteiger partial charge in [-0.3, -0.25) is 4.79 Å². The monoisotopic (exact) mass is 450 g/mol. The number of hydrogen-bond donors (Lipinski definition) is 2. The molecule has 186 valence electrons. The Labute approximate surface area is 196 Å². The molecule has 3 aliphatic rings. The van der Waals surface area contributed by atoms with Gasteiger partial charge in [-0.25, -0.2) is 0 Å². The topological polar surface area (TPSA) is 66.8 Å². The Morgan fingerprint density at radius 2 is 1.91 bits per heavy atom. The van der Waals surface area contributed by atoms with Crippen LogP contribution in [0.1, 0.15) is 105 Å². The number of unbranched alkanes of at least 4 members (excludes halogenated alkanes) is 1. The molecule has 4 nitrogen and oxygen atoms in total. The predicted octanol–water partition coefficient (Wildman–Crippen LogP) is 5.98. The standard InChI is InChI=1S/C28H50O4/c1-6-8-9-23-26(20-12-11-19(16-20)18(3)10-13-25(30)32-5)27(31)22(7-2)24-17-21(29)14-15-28(23,24)4/h18-24,26-27,29,31H,6-17H2,1-5H3/t18-,19+,20?,21-,22-,23?,24+,26?,27-,28-/m1/s1. The maximum absolute atomic E-state index is 11.8. The Bertz CT molecular complexity index is 606. The number of carbonyl (C=O) groups excluding carboxylic acids is 1. The highest BCUT2D eigenvalue weighted by Gasteiger charge is 2.58. The summed E-state index contributed by atoms with van der Waals surface area (Å²) in [5.74, 6) is 3.39. The van der Waals surface area contributed by atoms with E-state index < -0.39 is 0 Å². The largest absolute Gasteiger partial charge is 0.469 e. The van der Waals surface area contributed by atoms with Crippen molar-refractivity contribution in [1.82, 2.24) is 0 Å². The maximum Gasteiger partial charge on any atom is 0.305 e. The highest BCUT2D eigenvalue weighted by atomic mass is 16.5. The van der Waals surface area contributed by atoms with E-state index >= 15 is 0 Å². The summed E-state index contributed by atoms with van der Waals surface area (Å²) in [5, 5.41) is 22.3. The molecule has 0 bridgehead atoms. The molecule has 3 rings (SSSR count). The van der Waals surface area contributed by atoms with Crippen LogP contribution in [0, 0.1) is 46.8 Å². The third kappa shape index (κ3) is 5.22. The molecule has 3 saturated carbocycles. The lowest BCUT2D eigenvalue weighted by atomic mass is 9.45. The number of hydrogen-bond acceptors (Lipinski definition) is 4. The van der Waals surface area contributed by atoms with Crippen molar-refractivity contribution in [3.63, 3.8) is 0 Å². The zero-order valence-electron chi connectivity index (χ0n) is 21.4. The van der Waals surface area contributed by atoms with Crippen LogP contribution in [0.4, 0.5) is 0 Å². The Morgan fingerprint density at radius 1 is 1.16 bits per heavy atom. The second kappa shape index (κ2) is 11.2.